The minimum Gasteiger partial charge on any atom is -0.493 e. The Balaban J connectivity index is 0.00000114. The summed E-state index contributed by atoms with van der Waals surface area (Å²) >= 11 is 0. The standard InChI is InChI=1S/C16H21NO7.CH2O2/c1-22-12-5-4-9(13(23-2)14(12)24-3)15(19)17-7-6-11(18)10(8-17)16(20)21;2-1-3/h4-5,10-11,18H,6-8H2,1-3H3,(H,20,21);1H,(H,2,3)/t10-,11-;/m1./s1. The molecule has 1 heterocycles. The third kappa shape index (κ3) is 5.00. The van der Waals surface area contributed by atoms with Crippen molar-refractivity contribution in [2.24, 2.45) is 5.92 Å². The summed E-state index contributed by atoms with van der Waals surface area (Å²) in [6.07, 6.45) is -0.753. The van der Waals surface area contributed by atoms with Crippen molar-refractivity contribution in [3.05, 3.63) is 17.7 Å². The topological polar surface area (TPSA) is 143 Å². The van der Waals surface area contributed by atoms with Crippen molar-refractivity contribution >= 4 is 18.3 Å². The number of aliphatic carboxylic acids is 1. The zero-order valence-electron chi connectivity index (χ0n) is 15.2. The third-order valence-electron chi connectivity index (χ3n) is 4.12. The molecule has 0 aliphatic carbocycles. The first-order chi connectivity index (χ1) is 12.9. The quantitative estimate of drug-likeness (QED) is 0.611. The molecule has 0 bridgehead atoms. The molecule has 1 aliphatic heterocycles. The third-order valence-corrected chi connectivity index (χ3v) is 4.12. The van der Waals surface area contributed by atoms with Gasteiger partial charge < -0.3 is 34.4 Å². The molecule has 3 N–H and O–H groups in total. The molecular formula is C17H23NO9. The Morgan fingerprint density at radius 3 is 2.22 bits per heavy atom. The zero-order valence-corrected chi connectivity index (χ0v) is 15.2. The smallest absolute Gasteiger partial charge is 0.310 e. The number of piperidine rings is 1. The molecule has 10 heteroatoms. The van der Waals surface area contributed by atoms with Gasteiger partial charge in [0.05, 0.1) is 33.0 Å². The molecule has 2 rings (SSSR count). The van der Waals surface area contributed by atoms with Crippen LogP contribution in [-0.4, -0.2) is 79.1 Å². The van der Waals surface area contributed by atoms with Crippen molar-refractivity contribution in [2.45, 2.75) is 12.5 Å². The van der Waals surface area contributed by atoms with E-state index in [0.29, 0.717) is 5.75 Å². The van der Waals surface area contributed by atoms with Crippen LogP contribution in [0, 0.1) is 5.92 Å². The Morgan fingerprint density at radius 1 is 1.15 bits per heavy atom. The highest BCUT2D eigenvalue weighted by atomic mass is 16.5. The summed E-state index contributed by atoms with van der Waals surface area (Å²) in [5.41, 5.74) is 0.246. The number of aliphatic hydroxyl groups is 1. The van der Waals surface area contributed by atoms with Crippen LogP contribution < -0.4 is 14.2 Å². The minimum absolute atomic E-state index is 0.0627. The molecule has 0 spiro atoms. The number of aliphatic hydroxyl groups excluding tert-OH is 1. The fourth-order valence-electron chi connectivity index (χ4n) is 2.81. The predicted molar refractivity (Wildman–Crippen MR) is 92.4 cm³/mol. The molecular weight excluding hydrogens is 362 g/mol. The lowest BCUT2D eigenvalue weighted by molar-refractivity contribution is -0.148. The van der Waals surface area contributed by atoms with Crippen LogP contribution in [-0.2, 0) is 9.59 Å². The maximum absolute atomic E-state index is 12.8. The number of rotatable bonds is 5. The first kappa shape index (κ1) is 22.0. The zero-order chi connectivity index (χ0) is 20.6. The monoisotopic (exact) mass is 385 g/mol. The average Bonchev–Trinajstić information content (AvgIpc) is 2.66. The fraction of sp³-hybridized carbons (Fsp3) is 0.471. The molecule has 1 fully saturated rings. The Morgan fingerprint density at radius 2 is 1.74 bits per heavy atom. The van der Waals surface area contributed by atoms with Crippen molar-refractivity contribution in [3.63, 3.8) is 0 Å². The first-order valence-corrected chi connectivity index (χ1v) is 7.93. The number of carbonyl (C=O) groups excluding carboxylic acids is 1. The summed E-state index contributed by atoms with van der Waals surface area (Å²) in [6.45, 7) is -0.0475. The molecule has 150 valence electrons. The number of carbonyl (C=O) groups is 3. The van der Waals surface area contributed by atoms with Gasteiger partial charge in [0.1, 0.15) is 5.92 Å². The van der Waals surface area contributed by atoms with Gasteiger partial charge in [0.15, 0.2) is 11.5 Å². The van der Waals surface area contributed by atoms with E-state index in [1.807, 2.05) is 0 Å². The summed E-state index contributed by atoms with van der Waals surface area (Å²) in [7, 11) is 4.32. The van der Waals surface area contributed by atoms with Crippen molar-refractivity contribution in [1.29, 1.82) is 0 Å². The van der Waals surface area contributed by atoms with Gasteiger partial charge in [-0.2, -0.15) is 0 Å². The van der Waals surface area contributed by atoms with Crippen LogP contribution in [0.3, 0.4) is 0 Å². The van der Waals surface area contributed by atoms with E-state index < -0.39 is 18.0 Å². The second kappa shape index (κ2) is 10.2. The maximum Gasteiger partial charge on any atom is 0.310 e. The number of carboxylic acid groups (broad SMARTS) is 2. The number of hydrogen-bond donors (Lipinski definition) is 3. The SMILES string of the molecule is COc1ccc(C(=O)N2CC[C@@H](O)[C@H](C(=O)O)C2)c(OC)c1OC.O=CO. The lowest BCUT2D eigenvalue weighted by Crippen LogP contribution is -2.48. The van der Waals surface area contributed by atoms with Gasteiger partial charge in [-0.25, -0.2) is 0 Å². The van der Waals surface area contributed by atoms with E-state index in [-0.39, 0.29) is 49.0 Å². The van der Waals surface area contributed by atoms with Gasteiger partial charge in [0.2, 0.25) is 5.75 Å². The highest BCUT2D eigenvalue weighted by Crippen LogP contribution is 2.40. The Kier molecular flexibility index (Phi) is 8.34. The molecule has 27 heavy (non-hydrogen) atoms. The second-order valence-electron chi connectivity index (χ2n) is 5.54. The lowest BCUT2D eigenvalue weighted by atomic mass is 9.94. The number of benzene rings is 1. The number of carboxylic acids is 1. The summed E-state index contributed by atoms with van der Waals surface area (Å²) in [5, 5.41) is 25.8. The van der Waals surface area contributed by atoms with Gasteiger partial charge >= 0.3 is 5.97 Å². The lowest BCUT2D eigenvalue weighted by Gasteiger charge is -2.34. The number of methoxy groups -OCH3 is 3. The Bertz CT molecular complexity index is 677. The average molecular weight is 385 g/mol. The molecule has 1 aliphatic rings. The van der Waals surface area contributed by atoms with Crippen molar-refractivity contribution < 1.29 is 43.9 Å². The van der Waals surface area contributed by atoms with Crippen molar-refractivity contribution in [2.75, 3.05) is 34.4 Å². The molecule has 1 aromatic carbocycles. The van der Waals surface area contributed by atoms with E-state index in [1.54, 1.807) is 12.1 Å². The van der Waals surface area contributed by atoms with Crippen LogP contribution >= 0.6 is 0 Å². The largest absolute Gasteiger partial charge is 0.493 e. The van der Waals surface area contributed by atoms with Crippen LogP contribution in [0.5, 0.6) is 17.2 Å². The summed E-state index contributed by atoms with van der Waals surface area (Å²) in [4.78, 5) is 33.8. The van der Waals surface area contributed by atoms with Crippen molar-refractivity contribution in [1.82, 2.24) is 4.90 Å². The molecule has 1 amide bonds. The van der Waals surface area contributed by atoms with Crippen LogP contribution in [0.2, 0.25) is 0 Å². The van der Waals surface area contributed by atoms with Crippen LogP contribution in [0.25, 0.3) is 0 Å². The Hall–Kier alpha value is -3.01. The number of hydrogen-bond acceptors (Lipinski definition) is 7. The number of ether oxygens (including phenoxy) is 3. The normalized spacial score (nSPS) is 18.6. The molecule has 0 radical (unpaired) electrons. The summed E-state index contributed by atoms with van der Waals surface area (Å²) < 4.78 is 15.7. The molecule has 0 saturated carbocycles. The highest BCUT2D eigenvalue weighted by molar-refractivity contribution is 5.98. The van der Waals surface area contributed by atoms with Gasteiger partial charge in [-0.05, 0) is 18.6 Å². The Labute approximate surface area is 155 Å². The van der Waals surface area contributed by atoms with Crippen LogP contribution in [0.4, 0.5) is 0 Å². The molecule has 1 aromatic rings. The second-order valence-corrected chi connectivity index (χ2v) is 5.54. The van der Waals surface area contributed by atoms with Crippen molar-refractivity contribution in [3.8, 4) is 17.2 Å². The number of amides is 1. The molecule has 2 atom stereocenters. The summed E-state index contributed by atoms with van der Waals surface area (Å²) in [6, 6.07) is 3.13. The van der Waals surface area contributed by atoms with E-state index in [0.717, 1.165) is 0 Å². The minimum atomic E-state index is -1.13. The van der Waals surface area contributed by atoms with Crippen LogP contribution in [0.15, 0.2) is 12.1 Å². The van der Waals surface area contributed by atoms with Gasteiger partial charge in [0.25, 0.3) is 12.4 Å². The van der Waals surface area contributed by atoms with Gasteiger partial charge in [0, 0.05) is 13.1 Å². The molecule has 0 unspecified atom stereocenters. The molecule has 0 aromatic heterocycles. The van der Waals surface area contributed by atoms with Gasteiger partial charge in [-0.1, -0.05) is 0 Å². The van der Waals surface area contributed by atoms with E-state index in [2.05, 4.69) is 0 Å². The number of likely N-dealkylation sites (tertiary alicyclic amines) is 1. The highest BCUT2D eigenvalue weighted by Gasteiger charge is 2.36. The molecule has 10 nitrogen and oxygen atoms in total. The predicted octanol–water partition coefficient (Wildman–Crippen LogP) is 0.321. The summed E-state index contributed by atoms with van der Waals surface area (Å²) in [5.74, 6) is -1.58. The van der Waals surface area contributed by atoms with Crippen LogP contribution in [0.1, 0.15) is 16.8 Å². The molecule has 1 saturated heterocycles. The van der Waals surface area contributed by atoms with E-state index in [1.165, 1.54) is 26.2 Å². The fourth-order valence-corrected chi connectivity index (χ4v) is 2.81. The first-order valence-electron chi connectivity index (χ1n) is 7.93. The van der Waals surface area contributed by atoms with Gasteiger partial charge in [-0.15, -0.1) is 0 Å². The van der Waals surface area contributed by atoms with E-state index >= 15 is 0 Å². The number of nitrogens with zero attached hydrogens (tertiary/aromatic N) is 1. The van der Waals surface area contributed by atoms with E-state index in [4.69, 9.17) is 24.1 Å². The maximum atomic E-state index is 12.8. The van der Waals surface area contributed by atoms with Gasteiger partial charge in [-0.3, -0.25) is 14.4 Å². The van der Waals surface area contributed by atoms with E-state index in [9.17, 15) is 19.8 Å².